The summed E-state index contributed by atoms with van der Waals surface area (Å²) in [6.45, 7) is 3.41. The molecule has 3 N–H and O–H groups in total. The number of sulfonamides is 1. The lowest BCUT2D eigenvalue weighted by atomic mass is 10.1. The van der Waals surface area contributed by atoms with E-state index in [1.807, 2.05) is 11.6 Å². The highest BCUT2D eigenvalue weighted by Crippen LogP contribution is 2.13. The van der Waals surface area contributed by atoms with Gasteiger partial charge in [0.1, 0.15) is 10.7 Å². The highest BCUT2D eigenvalue weighted by atomic mass is 127. The second-order valence-electron chi connectivity index (χ2n) is 6.45. The minimum atomic E-state index is -3.56. The number of hydrogen-bond acceptors (Lipinski definition) is 6. The first-order valence-electron chi connectivity index (χ1n) is 9.31. The molecular weight excluding hydrogens is 507 g/mol. The third kappa shape index (κ3) is 6.34. The average molecular weight is 534 g/mol. The maximum Gasteiger partial charge on any atom is 0.242 e. The Hall–Kier alpha value is -1.80. The van der Waals surface area contributed by atoms with Crippen molar-refractivity contribution in [2.45, 2.75) is 43.7 Å². The van der Waals surface area contributed by atoms with Crippen molar-refractivity contribution in [1.82, 2.24) is 35.1 Å². The van der Waals surface area contributed by atoms with E-state index >= 15 is 0 Å². The molecule has 1 aliphatic rings. The molecule has 1 aliphatic heterocycles. The molecule has 1 atom stereocenters. The molecule has 2 aromatic heterocycles. The van der Waals surface area contributed by atoms with Crippen LogP contribution in [-0.4, -0.2) is 60.3 Å². The number of nitrogens with one attached hydrogen (secondary N) is 3. The van der Waals surface area contributed by atoms with Gasteiger partial charge >= 0.3 is 0 Å². The molecule has 0 bridgehead atoms. The predicted octanol–water partition coefficient (Wildman–Crippen LogP) is 0.312. The normalized spacial score (nSPS) is 16.6. The van der Waals surface area contributed by atoms with Gasteiger partial charge < -0.3 is 10.6 Å². The first-order valence-corrected chi connectivity index (χ1v) is 10.8. The number of aryl methyl sites for hydroxylation is 2. The van der Waals surface area contributed by atoms with Crippen molar-refractivity contribution in [2.75, 3.05) is 20.1 Å². The summed E-state index contributed by atoms with van der Waals surface area (Å²) >= 11 is 0. The molecule has 0 spiro atoms. The van der Waals surface area contributed by atoms with Crippen molar-refractivity contribution in [2.24, 2.45) is 4.99 Å². The molecular formula is C17H27IN8O2S. The van der Waals surface area contributed by atoms with E-state index in [1.165, 1.54) is 18.5 Å². The number of pyridine rings is 1. The summed E-state index contributed by atoms with van der Waals surface area (Å²) in [7, 11) is -1.87. The third-order valence-electron chi connectivity index (χ3n) is 4.44. The van der Waals surface area contributed by atoms with Crippen molar-refractivity contribution >= 4 is 40.0 Å². The smallest absolute Gasteiger partial charge is 0.242 e. The fourth-order valence-electron chi connectivity index (χ4n) is 2.97. The molecule has 1 unspecified atom stereocenters. The second kappa shape index (κ2) is 10.8. The zero-order valence-electron chi connectivity index (χ0n) is 16.5. The Bertz CT molecular complexity index is 917. The zero-order valence-corrected chi connectivity index (χ0v) is 19.6. The Labute approximate surface area is 188 Å². The third-order valence-corrected chi connectivity index (χ3v) is 5.88. The Balaban J connectivity index is 0.00000300. The standard InChI is InChI=1S/C17H26N8O2S.HI/c1-3-15-23-16-7-6-13(12-25(16)24-15)22-17(18-2)20-9-10-21-28(26,27)14-5-4-8-19-11-14;/h4-5,8,11,13,21H,3,6-7,9-10,12H2,1-2H3,(H2,18,20,22);1H. The van der Waals surface area contributed by atoms with Gasteiger partial charge in [-0.25, -0.2) is 22.8 Å². The second-order valence-corrected chi connectivity index (χ2v) is 8.21. The van der Waals surface area contributed by atoms with Crippen LogP contribution in [-0.2, 0) is 29.4 Å². The lowest BCUT2D eigenvalue weighted by Gasteiger charge is -2.25. The predicted molar refractivity (Wildman–Crippen MR) is 121 cm³/mol. The van der Waals surface area contributed by atoms with Gasteiger partial charge in [0.2, 0.25) is 10.0 Å². The van der Waals surface area contributed by atoms with E-state index in [0.29, 0.717) is 12.5 Å². The number of aromatic nitrogens is 4. The fraction of sp³-hybridized carbons (Fsp3) is 0.529. The number of fused-ring (bicyclic) bond motifs is 1. The SMILES string of the molecule is CCc1nc2n(n1)CC(NC(=NC)NCCNS(=O)(=O)c1cccnc1)CC2.I. The molecule has 0 aromatic carbocycles. The van der Waals surface area contributed by atoms with E-state index in [2.05, 4.69) is 35.4 Å². The van der Waals surface area contributed by atoms with Crippen molar-refractivity contribution in [1.29, 1.82) is 0 Å². The molecule has 0 saturated carbocycles. The van der Waals surface area contributed by atoms with Gasteiger partial charge in [-0.05, 0) is 18.6 Å². The number of nitrogens with zero attached hydrogens (tertiary/aromatic N) is 5. The van der Waals surface area contributed by atoms with Gasteiger partial charge in [0.05, 0.1) is 6.54 Å². The van der Waals surface area contributed by atoms with Crippen LogP contribution in [0.3, 0.4) is 0 Å². The molecule has 160 valence electrons. The van der Waals surface area contributed by atoms with Crippen LogP contribution in [0.25, 0.3) is 0 Å². The van der Waals surface area contributed by atoms with E-state index in [1.54, 1.807) is 13.1 Å². The van der Waals surface area contributed by atoms with Crippen LogP contribution in [0.4, 0.5) is 0 Å². The summed E-state index contributed by atoms with van der Waals surface area (Å²) < 4.78 is 28.8. The summed E-state index contributed by atoms with van der Waals surface area (Å²) in [5.41, 5.74) is 0. The quantitative estimate of drug-likeness (QED) is 0.202. The maximum atomic E-state index is 12.2. The van der Waals surface area contributed by atoms with E-state index in [0.717, 1.165) is 37.5 Å². The van der Waals surface area contributed by atoms with Crippen LogP contribution >= 0.6 is 24.0 Å². The molecule has 10 nitrogen and oxygen atoms in total. The molecule has 0 fully saturated rings. The minimum Gasteiger partial charge on any atom is -0.355 e. The highest BCUT2D eigenvalue weighted by molar-refractivity contribution is 14.0. The number of aliphatic imine (C=N–C) groups is 1. The summed E-state index contributed by atoms with van der Waals surface area (Å²) in [6.07, 6.45) is 5.49. The van der Waals surface area contributed by atoms with Crippen molar-refractivity contribution < 1.29 is 8.42 Å². The molecule has 0 aliphatic carbocycles. The number of rotatable bonds is 7. The van der Waals surface area contributed by atoms with Crippen LogP contribution in [0.1, 0.15) is 25.0 Å². The van der Waals surface area contributed by atoms with Crippen molar-refractivity contribution in [3.05, 3.63) is 36.2 Å². The van der Waals surface area contributed by atoms with Gasteiger partial charge in [-0.3, -0.25) is 9.98 Å². The zero-order chi connectivity index (χ0) is 20.0. The first kappa shape index (κ1) is 23.5. The highest BCUT2D eigenvalue weighted by Gasteiger charge is 2.22. The monoisotopic (exact) mass is 534 g/mol. The molecule has 3 heterocycles. The molecule has 0 amide bonds. The van der Waals surface area contributed by atoms with Crippen LogP contribution in [0.2, 0.25) is 0 Å². The Morgan fingerprint density at radius 2 is 2.21 bits per heavy atom. The van der Waals surface area contributed by atoms with E-state index < -0.39 is 10.0 Å². The summed E-state index contributed by atoms with van der Waals surface area (Å²) in [4.78, 5) is 12.7. The van der Waals surface area contributed by atoms with Gasteiger partial charge in [0.25, 0.3) is 0 Å². The van der Waals surface area contributed by atoms with Gasteiger partial charge in [-0.15, -0.1) is 24.0 Å². The summed E-state index contributed by atoms with van der Waals surface area (Å²) in [5.74, 6) is 2.53. The summed E-state index contributed by atoms with van der Waals surface area (Å²) in [6, 6.07) is 3.29. The van der Waals surface area contributed by atoms with E-state index in [4.69, 9.17) is 0 Å². The maximum absolute atomic E-state index is 12.2. The first-order chi connectivity index (χ1) is 13.5. The fourth-order valence-corrected chi connectivity index (χ4v) is 3.97. The van der Waals surface area contributed by atoms with Gasteiger partial charge in [0, 0.05) is 51.4 Å². The molecule has 2 aromatic rings. The van der Waals surface area contributed by atoms with Crippen molar-refractivity contribution in [3.8, 4) is 0 Å². The number of halogens is 1. The number of guanidine groups is 1. The number of hydrogen-bond donors (Lipinski definition) is 3. The van der Waals surface area contributed by atoms with Crippen LogP contribution in [0.15, 0.2) is 34.4 Å². The molecule has 29 heavy (non-hydrogen) atoms. The lowest BCUT2D eigenvalue weighted by Crippen LogP contribution is -2.48. The molecule has 3 rings (SSSR count). The minimum absolute atomic E-state index is 0. The average Bonchev–Trinajstić information content (AvgIpc) is 3.13. The van der Waals surface area contributed by atoms with Crippen LogP contribution in [0, 0.1) is 0 Å². The molecule has 0 radical (unpaired) electrons. The Morgan fingerprint density at radius 3 is 2.90 bits per heavy atom. The van der Waals surface area contributed by atoms with Crippen LogP contribution in [0.5, 0.6) is 0 Å². The van der Waals surface area contributed by atoms with Gasteiger partial charge in [-0.1, -0.05) is 6.92 Å². The van der Waals surface area contributed by atoms with E-state index in [-0.39, 0.29) is 41.5 Å². The summed E-state index contributed by atoms with van der Waals surface area (Å²) in [5, 5.41) is 11.0. The van der Waals surface area contributed by atoms with Crippen molar-refractivity contribution in [3.63, 3.8) is 0 Å². The Morgan fingerprint density at radius 1 is 1.38 bits per heavy atom. The topological polar surface area (TPSA) is 126 Å². The Kier molecular flexibility index (Phi) is 8.77. The van der Waals surface area contributed by atoms with Gasteiger partial charge in [0.15, 0.2) is 11.8 Å². The van der Waals surface area contributed by atoms with Crippen LogP contribution < -0.4 is 15.4 Å². The lowest BCUT2D eigenvalue weighted by molar-refractivity contribution is 0.392. The van der Waals surface area contributed by atoms with Gasteiger partial charge in [-0.2, -0.15) is 5.10 Å². The molecule has 0 saturated heterocycles. The largest absolute Gasteiger partial charge is 0.355 e. The van der Waals surface area contributed by atoms with E-state index in [9.17, 15) is 8.42 Å². The molecule has 12 heteroatoms.